The van der Waals surface area contributed by atoms with Crippen molar-refractivity contribution in [3.63, 3.8) is 0 Å². The maximum Gasteiger partial charge on any atom is 0.336 e. The Bertz CT molecular complexity index is 271. The van der Waals surface area contributed by atoms with Gasteiger partial charge in [-0.25, -0.2) is 4.79 Å². The van der Waals surface area contributed by atoms with E-state index in [2.05, 4.69) is 19.5 Å². The van der Waals surface area contributed by atoms with Crippen LogP contribution < -0.4 is 0 Å². The lowest BCUT2D eigenvalue weighted by molar-refractivity contribution is -0.159. The number of azide groups is 1. The van der Waals surface area contributed by atoms with Gasteiger partial charge in [-0.1, -0.05) is 5.11 Å². The van der Waals surface area contributed by atoms with Crippen LogP contribution in [0.4, 0.5) is 0 Å². The van der Waals surface area contributed by atoms with Crippen LogP contribution in [0.1, 0.15) is 0 Å². The Labute approximate surface area is 79.0 Å². The quantitative estimate of drug-likeness (QED) is 0.290. The Balaban J connectivity index is 4.84. The van der Waals surface area contributed by atoms with E-state index in [1.54, 1.807) is 0 Å². The van der Waals surface area contributed by atoms with E-state index >= 15 is 0 Å². The van der Waals surface area contributed by atoms with Gasteiger partial charge in [0.2, 0.25) is 0 Å². The van der Waals surface area contributed by atoms with E-state index in [-0.39, 0.29) is 0 Å². The molecule has 14 heavy (non-hydrogen) atoms. The van der Waals surface area contributed by atoms with Crippen molar-refractivity contribution in [2.24, 2.45) is 5.11 Å². The molecule has 0 amide bonds. The molecule has 0 aliphatic heterocycles. The Morgan fingerprint density at radius 2 is 2.07 bits per heavy atom. The predicted octanol–water partition coefficient (Wildman–Crippen LogP) is -0.0621. The molecule has 0 radical (unpaired) electrons. The molecule has 8 heteroatoms. The summed E-state index contributed by atoms with van der Waals surface area (Å²) >= 11 is 0. The molecule has 0 unspecified atom stereocenters. The average Bonchev–Trinajstić information content (AvgIpc) is 2.16. The first-order valence-electron chi connectivity index (χ1n) is 3.46. The van der Waals surface area contributed by atoms with Gasteiger partial charge in [-0.05, 0) is 5.53 Å². The molecule has 0 aliphatic rings. The van der Waals surface area contributed by atoms with Crippen LogP contribution >= 0.6 is 0 Å². The summed E-state index contributed by atoms with van der Waals surface area (Å²) in [5, 5.41) is 11.5. The zero-order chi connectivity index (χ0) is 11.1. The molecule has 78 valence electrons. The molecular formula is C6H9N3O5. The first-order chi connectivity index (χ1) is 6.58. The number of hydrogen-bond donors (Lipinski definition) is 1. The van der Waals surface area contributed by atoms with Gasteiger partial charge < -0.3 is 14.6 Å². The molecule has 0 aromatic carbocycles. The Morgan fingerprint density at radius 1 is 1.50 bits per heavy atom. The van der Waals surface area contributed by atoms with E-state index in [1.165, 1.54) is 0 Å². The van der Waals surface area contributed by atoms with E-state index in [1.807, 2.05) is 0 Å². The molecule has 0 rings (SSSR count). The lowest BCUT2D eigenvalue weighted by Gasteiger charge is -2.15. The van der Waals surface area contributed by atoms with Crippen LogP contribution in [-0.4, -0.2) is 43.4 Å². The van der Waals surface area contributed by atoms with Crippen molar-refractivity contribution in [2.75, 3.05) is 14.2 Å². The van der Waals surface area contributed by atoms with Crippen molar-refractivity contribution < 1.29 is 24.2 Å². The largest absolute Gasteiger partial charge is 0.481 e. The number of nitrogens with zero attached hydrogens (tertiary/aromatic N) is 3. The van der Waals surface area contributed by atoms with E-state index in [9.17, 15) is 9.59 Å². The molecule has 0 bridgehead atoms. The smallest absolute Gasteiger partial charge is 0.336 e. The van der Waals surface area contributed by atoms with Gasteiger partial charge in [0.1, 0.15) is 0 Å². The topological polar surface area (TPSA) is 122 Å². The van der Waals surface area contributed by atoms with Crippen LogP contribution in [0.5, 0.6) is 0 Å². The van der Waals surface area contributed by atoms with Crippen LogP contribution in [0.25, 0.3) is 10.4 Å². The summed E-state index contributed by atoms with van der Waals surface area (Å²) in [6.07, 6.45) is -1.44. The van der Waals surface area contributed by atoms with E-state index in [0.717, 1.165) is 14.2 Å². The minimum Gasteiger partial charge on any atom is -0.481 e. The number of methoxy groups -OCH3 is 2. The molecule has 0 saturated carbocycles. The SMILES string of the molecule is COC(=O)[C@H](OC)[C@H](N=[N+]=[N-])C(=O)O. The average molecular weight is 203 g/mol. The molecule has 8 nitrogen and oxygen atoms in total. The van der Waals surface area contributed by atoms with Crippen LogP contribution in [0.15, 0.2) is 5.11 Å². The number of aliphatic carboxylic acids is 1. The number of rotatable bonds is 5. The Hall–Kier alpha value is -1.79. The highest BCUT2D eigenvalue weighted by Crippen LogP contribution is 2.06. The summed E-state index contributed by atoms with van der Waals surface area (Å²) in [6.45, 7) is 0. The second-order valence-corrected chi connectivity index (χ2v) is 2.17. The molecule has 0 aliphatic carbocycles. The number of carboxylic acid groups (broad SMARTS) is 1. The molecule has 0 saturated heterocycles. The van der Waals surface area contributed by atoms with Crippen LogP contribution in [0, 0.1) is 0 Å². The Morgan fingerprint density at radius 3 is 2.36 bits per heavy atom. The molecular weight excluding hydrogens is 194 g/mol. The maximum absolute atomic E-state index is 11.0. The summed E-state index contributed by atoms with van der Waals surface area (Å²) in [7, 11) is 2.19. The van der Waals surface area contributed by atoms with Crippen LogP contribution in [-0.2, 0) is 19.1 Å². The molecule has 0 heterocycles. The van der Waals surface area contributed by atoms with Gasteiger partial charge in [-0.2, -0.15) is 0 Å². The molecule has 0 fully saturated rings. The fraction of sp³-hybridized carbons (Fsp3) is 0.667. The van der Waals surface area contributed by atoms with Crippen molar-refractivity contribution in [2.45, 2.75) is 12.1 Å². The zero-order valence-corrected chi connectivity index (χ0v) is 7.58. The van der Waals surface area contributed by atoms with Gasteiger partial charge in [0.05, 0.1) is 7.11 Å². The standard InChI is InChI=1S/C6H9N3O5/c1-13-4(6(12)14-2)3(5(10)11)8-9-7/h3-4H,1-2H3,(H,10,11)/t3-,4+/m0/s1. The first-order valence-corrected chi connectivity index (χ1v) is 3.46. The van der Waals surface area contributed by atoms with Crippen LogP contribution in [0.3, 0.4) is 0 Å². The molecule has 0 aromatic heterocycles. The van der Waals surface area contributed by atoms with Gasteiger partial charge in [0.15, 0.2) is 12.1 Å². The van der Waals surface area contributed by atoms with E-state index in [0.29, 0.717) is 0 Å². The summed E-state index contributed by atoms with van der Waals surface area (Å²) in [6, 6.07) is -1.63. The summed E-state index contributed by atoms with van der Waals surface area (Å²) < 4.78 is 8.83. The second-order valence-electron chi connectivity index (χ2n) is 2.17. The number of hydrogen-bond acceptors (Lipinski definition) is 5. The van der Waals surface area contributed by atoms with E-state index in [4.69, 9.17) is 10.6 Å². The van der Waals surface area contributed by atoms with Crippen molar-refractivity contribution in [1.82, 2.24) is 0 Å². The molecule has 0 aromatic rings. The highest BCUT2D eigenvalue weighted by molar-refractivity contribution is 5.85. The van der Waals surface area contributed by atoms with Gasteiger partial charge in [0, 0.05) is 12.0 Å². The number of carboxylic acids is 1. The number of carbonyl (C=O) groups is 2. The summed E-state index contributed by atoms with van der Waals surface area (Å²) in [5.41, 5.74) is 8.07. The first kappa shape index (κ1) is 12.2. The highest BCUT2D eigenvalue weighted by Gasteiger charge is 2.34. The third-order valence-corrected chi connectivity index (χ3v) is 1.40. The monoisotopic (exact) mass is 203 g/mol. The number of carbonyl (C=O) groups excluding carboxylic acids is 1. The Kier molecular flexibility index (Phi) is 5.05. The van der Waals surface area contributed by atoms with Crippen molar-refractivity contribution >= 4 is 11.9 Å². The third-order valence-electron chi connectivity index (χ3n) is 1.40. The molecule has 1 N–H and O–H groups in total. The van der Waals surface area contributed by atoms with Crippen molar-refractivity contribution in [1.29, 1.82) is 0 Å². The van der Waals surface area contributed by atoms with Crippen LogP contribution in [0.2, 0.25) is 0 Å². The fourth-order valence-corrected chi connectivity index (χ4v) is 0.765. The minimum absolute atomic E-state index is 0.910. The third kappa shape index (κ3) is 2.92. The van der Waals surface area contributed by atoms with Crippen molar-refractivity contribution in [3.8, 4) is 0 Å². The summed E-state index contributed by atoms with van der Waals surface area (Å²) in [5.74, 6) is -2.37. The zero-order valence-electron chi connectivity index (χ0n) is 7.58. The minimum atomic E-state index is -1.63. The normalized spacial score (nSPS) is 13.6. The van der Waals surface area contributed by atoms with E-state index < -0.39 is 24.1 Å². The predicted molar refractivity (Wildman–Crippen MR) is 43.4 cm³/mol. The second kappa shape index (κ2) is 5.79. The number of esters is 1. The summed E-state index contributed by atoms with van der Waals surface area (Å²) in [4.78, 5) is 23.8. The lowest BCUT2D eigenvalue weighted by atomic mass is 10.2. The van der Waals surface area contributed by atoms with Gasteiger partial charge in [-0.3, -0.25) is 4.79 Å². The lowest BCUT2D eigenvalue weighted by Crippen LogP contribution is -2.40. The molecule has 2 atom stereocenters. The highest BCUT2D eigenvalue weighted by atomic mass is 16.6. The molecule has 0 spiro atoms. The van der Waals surface area contributed by atoms with Gasteiger partial charge in [-0.15, -0.1) is 0 Å². The van der Waals surface area contributed by atoms with Gasteiger partial charge in [0.25, 0.3) is 0 Å². The maximum atomic E-state index is 11.0. The van der Waals surface area contributed by atoms with Gasteiger partial charge >= 0.3 is 11.9 Å². The fourth-order valence-electron chi connectivity index (χ4n) is 0.765. The number of ether oxygens (including phenoxy) is 2. The van der Waals surface area contributed by atoms with Crippen molar-refractivity contribution in [3.05, 3.63) is 10.4 Å².